The highest BCUT2D eigenvalue weighted by atomic mass is 16.3. The molecular formula is C15H24N2O3. The Bertz CT molecular complexity index is 416. The molecule has 4 rings (SSSR count). The molecule has 4 aliphatic heterocycles. The summed E-state index contributed by atoms with van der Waals surface area (Å²) in [6, 6.07) is 0.776. The molecule has 4 fully saturated rings. The van der Waals surface area contributed by atoms with E-state index in [2.05, 4.69) is 4.90 Å². The lowest BCUT2D eigenvalue weighted by Crippen LogP contribution is -2.66. The molecule has 5 nitrogen and oxygen atoms in total. The Morgan fingerprint density at radius 2 is 1.75 bits per heavy atom. The molecule has 2 N–H and O–H groups in total. The molecule has 0 spiro atoms. The number of hydrogen-bond donors (Lipinski definition) is 2. The molecule has 2 bridgehead atoms. The third kappa shape index (κ3) is 1.90. The lowest BCUT2D eigenvalue weighted by Gasteiger charge is -2.57. The Morgan fingerprint density at radius 3 is 2.60 bits per heavy atom. The van der Waals surface area contributed by atoms with Crippen molar-refractivity contribution < 1.29 is 15.0 Å². The van der Waals surface area contributed by atoms with Crippen LogP contribution in [0.2, 0.25) is 0 Å². The number of aliphatic hydroxyl groups excluding tert-OH is 2. The van der Waals surface area contributed by atoms with Gasteiger partial charge in [0.25, 0.3) is 5.91 Å². The molecule has 0 aromatic heterocycles. The molecule has 20 heavy (non-hydrogen) atoms. The van der Waals surface area contributed by atoms with Crippen LogP contribution in [0.1, 0.15) is 32.1 Å². The maximum Gasteiger partial charge on any atom is 0.251 e. The Kier molecular flexibility index (Phi) is 3.05. The van der Waals surface area contributed by atoms with Crippen molar-refractivity contribution in [1.82, 2.24) is 9.80 Å². The summed E-state index contributed by atoms with van der Waals surface area (Å²) < 4.78 is 0. The minimum absolute atomic E-state index is 0.0549. The molecule has 6 atom stereocenters. The lowest BCUT2D eigenvalue weighted by molar-refractivity contribution is -0.161. The zero-order chi connectivity index (χ0) is 13.9. The first kappa shape index (κ1) is 13.0. The van der Waals surface area contributed by atoms with E-state index in [1.165, 1.54) is 6.42 Å². The second kappa shape index (κ2) is 4.68. The number of hydrogen-bond acceptors (Lipinski definition) is 4. The van der Waals surface area contributed by atoms with Crippen LogP contribution in [0.3, 0.4) is 0 Å². The normalized spacial score (nSPS) is 48.7. The Morgan fingerprint density at radius 1 is 0.950 bits per heavy atom. The first-order valence-electron chi connectivity index (χ1n) is 8.04. The molecule has 0 unspecified atom stereocenters. The first-order valence-corrected chi connectivity index (χ1v) is 8.04. The van der Waals surface area contributed by atoms with E-state index in [4.69, 9.17) is 0 Å². The maximum absolute atomic E-state index is 12.2. The van der Waals surface area contributed by atoms with Gasteiger partial charge in [0.1, 0.15) is 6.10 Å². The molecule has 4 aliphatic rings. The molecule has 0 aromatic carbocycles. The van der Waals surface area contributed by atoms with Gasteiger partial charge in [0.05, 0.1) is 6.10 Å². The Hall–Kier alpha value is -0.650. The van der Waals surface area contributed by atoms with E-state index in [0.717, 1.165) is 38.9 Å². The van der Waals surface area contributed by atoms with E-state index in [0.29, 0.717) is 30.3 Å². The van der Waals surface area contributed by atoms with Crippen LogP contribution < -0.4 is 0 Å². The fourth-order valence-electron chi connectivity index (χ4n) is 5.07. The molecule has 4 saturated heterocycles. The summed E-state index contributed by atoms with van der Waals surface area (Å²) in [4.78, 5) is 16.7. The van der Waals surface area contributed by atoms with E-state index in [-0.39, 0.29) is 12.0 Å². The second-order valence-electron chi connectivity index (χ2n) is 7.15. The zero-order valence-electron chi connectivity index (χ0n) is 11.8. The zero-order valence-corrected chi connectivity index (χ0v) is 11.8. The van der Waals surface area contributed by atoms with Crippen molar-refractivity contribution in [2.45, 2.75) is 56.4 Å². The highest BCUT2D eigenvalue weighted by Crippen LogP contribution is 2.42. The molecule has 1 amide bonds. The van der Waals surface area contributed by atoms with Gasteiger partial charge in [-0.05, 0) is 43.9 Å². The topological polar surface area (TPSA) is 64.0 Å². The van der Waals surface area contributed by atoms with Crippen LogP contribution in [0.4, 0.5) is 0 Å². The van der Waals surface area contributed by atoms with Gasteiger partial charge in [-0.3, -0.25) is 9.69 Å². The van der Waals surface area contributed by atoms with Crippen LogP contribution in [0.5, 0.6) is 0 Å². The van der Waals surface area contributed by atoms with E-state index in [9.17, 15) is 15.0 Å². The number of amides is 1. The van der Waals surface area contributed by atoms with Crippen LogP contribution >= 0.6 is 0 Å². The van der Waals surface area contributed by atoms with Gasteiger partial charge in [0.15, 0.2) is 0 Å². The van der Waals surface area contributed by atoms with Crippen LogP contribution in [-0.4, -0.2) is 69.8 Å². The number of rotatable bonds is 0. The number of fused-ring (bicyclic) bond motifs is 6. The van der Waals surface area contributed by atoms with E-state index in [1.54, 1.807) is 0 Å². The lowest BCUT2D eigenvalue weighted by atomic mass is 9.70. The van der Waals surface area contributed by atoms with Gasteiger partial charge in [-0.15, -0.1) is 0 Å². The highest BCUT2D eigenvalue weighted by molar-refractivity contribution is 5.82. The minimum Gasteiger partial charge on any atom is -0.393 e. The van der Waals surface area contributed by atoms with Crippen molar-refractivity contribution in [3.05, 3.63) is 0 Å². The van der Waals surface area contributed by atoms with Gasteiger partial charge >= 0.3 is 0 Å². The average molecular weight is 280 g/mol. The Balaban J connectivity index is 1.58. The third-order valence-electron chi connectivity index (χ3n) is 6.03. The average Bonchev–Trinajstić information content (AvgIpc) is 2.44. The molecule has 0 aliphatic carbocycles. The van der Waals surface area contributed by atoms with Gasteiger partial charge in [-0.1, -0.05) is 0 Å². The summed E-state index contributed by atoms with van der Waals surface area (Å²) in [6.07, 6.45) is 3.56. The van der Waals surface area contributed by atoms with Crippen molar-refractivity contribution in [2.24, 2.45) is 11.8 Å². The van der Waals surface area contributed by atoms with Crippen LogP contribution in [0.15, 0.2) is 0 Å². The van der Waals surface area contributed by atoms with Crippen molar-refractivity contribution in [3.8, 4) is 0 Å². The summed E-state index contributed by atoms with van der Waals surface area (Å²) >= 11 is 0. The summed E-state index contributed by atoms with van der Waals surface area (Å²) in [7, 11) is 0. The summed E-state index contributed by atoms with van der Waals surface area (Å²) in [5.41, 5.74) is 0. The van der Waals surface area contributed by atoms with Crippen molar-refractivity contribution in [2.75, 3.05) is 19.6 Å². The van der Waals surface area contributed by atoms with Crippen LogP contribution in [0.25, 0.3) is 0 Å². The molecule has 112 valence electrons. The smallest absolute Gasteiger partial charge is 0.251 e. The molecule has 5 heteroatoms. The summed E-state index contributed by atoms with van der Waals surface area (Å²) in [5, 5.41) is 19.7. The highest BCUT2D eigenvalue weighted by Gasteiger charge is 2.50. The molecule has 0 radical (unpaired) electrons. The van der Waals surface area contributed by atoms with Crippen molar-refractivity contribution in [3.63, 3.8) is 0 Å². The predicted octanol–water partition coefficient (Wildman–Crippen LogP) is -0.187. The van der Waals surface area contributed by atoms with Gasteiger partial charge in [-0.25, -0.2) is 0 Å². The maximum atomic E-state index is 12.2. The van der Waals surface area contributed by atoms with Crippen LogP contribution in [0, 0.1) is 11.8 Å². The fourth-order valence-corrected chi connectivity index (χ4v) is 5.07. The number of nitrogens with zero attached hydrogens (tertiary/aromatic N) is 2. The summed E-state index contributed by atoms with van der Waals surface area (Å²) in [5.74, 6) is 0.992. The Labute approximate surface area is 119 Å². The van der Waals surface area contributed by atoms with Crippen molar-refractivity contribution in [1.29, 1.82) is 0 Å². The molecule has 0 saturated carbocycles. The van der Waals surface area contributed by atoms with E-state index in [1.807, 2.05) is 4.90 Å². The number of carbonyl (C=O) groups excluding carboxylic acids is 1. The van der Waals surface area contributed by atoms with Gasteiger partial charge in [0.2, 0.25) is 0 Å². The molecule has 0 aromatic rings. The van der Waals surface area contributed by atoms with Crippen LogP contribution in [-0.2, 0) is 4.79 Å². The summed E-state index contributed by atoms with van der Waals surface area (Å²) in [6.45, 7) is 2.85. The molecular weight excluding hydrogens is 256 g/mol. The molecule has 4 heterocycles. The standard InChI is InChI=1S/C15H24N2O3/c18-11-3-4-16-7-9-5-10(13(16)6-11)8-17-12(9)1-2-14(19)15(17)20/h9-14,18-19H,1-8H2/t9-,10-,11+,12-,13+,14+/m1/s1. The quantitative estimate of drug-likeness (QED) is 0.646. The second-order valence-corrected chi connectivity index (χ2v) is 7.15. The fraction of sp³-hybridized carbons (Fsp3) is 0.933. The SMILES string of the molecule is O=C1[C@@H](O)CC[C@@H]2[C@@H]3C[C@H](CN12)[C@@H]1C[C@@H](O)CCN1C3. The largest absolute Gasteiger partial charge is 0.393 e. The number of carbonyl (C=O) groups is 1. The third-order valence-corrected chi connectivity index (χ3v) is 6.03. The van der Waals surface area contributed by atoms with Gasteiger partial charge in [0, 0.05) is 31.7 Å². The number of piperidine rings is 4. The van der Waals surface area contributed by atoms with Gasteiger partial charge < -0.3 is 15.1 Å². The van der Waals surface area contributed by atoms with E-state index < -0.39 is 6.10 Å². The first-order chi connectivity index (χ1) is 9.63. The van der Waals surface area contributed by atoms with Gasteiger partial charge in [-0.2, -0.15) is 0 Å². The predicted molar refractivity (Wildman–Crippen MR) is 72.9 cm³/mol. The van der Waals surface area contributed by atoms with Crippen molar-refractivity contribution >= 4 is 5.91 Å². The monoisotopic (exact) mass is 280 g/mol. The number of aliphatic hydroxyl groups is 2. The minimum atomic E-state index is -0.780. The van der Waals surface area contributed by atoms with E-state index >= 15 is 0 Å².